The zero-order valence-electron chi connectivity index (χ0n) is 13.3. The molecule has 0 bridgehead atoms. The quantitative estimate of drug-likeness (QED) is 0.848. The molecular formula is C17H26N2O2. The summed E-state index contributed by atoms with van der Waals surface area (Å²) in [6.45, 7) is 9.50. The number of carbonyl (C=O) groups is 1. The van der Waals surface area contributed by atoms with Crippen molar-refractivity contribution in [3.05, 3.63) is 29.8 Å². The Balaban J connectivity index is 2.02. The second-order valence-corrected chi connectivity index (χ2v) is 6.17. The second kappa shape index (κ2) is 6.94. The molecule has 0 aliphatic carbocycles. The van der Waals surface area contributed by atoms with Gasteiger partial charge in [-0.2, -0.15) is 0 Å². The van der Waals surface area contributed by atoms with E-state index in [0.717, 1.165) is 50.4 Å². The summed E-state index contributed by atoms with van der Waals surface area (Å²) >= 11 is 0. The Morgan fingerprint density at radius 3 is 2.67 bits per heavy atom. The third-order valence-corrected chi connectivity index (χ3v) is 3.91. The van der Waals surface area contributed by atoms with Gasteiger partial charge in [-0.1, -0.05) is 13.3 Å². The van der Waals surface area contributed by atoms with E-state index in [1.165, 1.54) is 0 Å². The Bertz CT molecular complexity index is 468. The van der Waals surface area contributed by atoms with E-state index in [0.29, 0.717) is 0 Å². The van der Waals surface area contributed by atoms with Crippen molar-refractivity contribution >= 4 is 5.91 Å². The van der Waals surface area contributed by atoms with Gasteiger partial charge in [-0.25, -0.2) is 0 Å². The monoisotopic (exact) mass is 290 g/mol. The number of rotatable bonds is 5. The molecule has 1 heterocycles. The average Bonchev–Trinajstić information content (AvgIpc) is 2.47. The van der Waals surface area contributed by atoms with E-state index in [1.54, 1.807) is 0 Å². The van der Waals surface area contributed by atoms with Gasteiger partial charge in [0.2, 0.25) is 0 Å². The van der Waals surface area contributed by atoms with Crippen LogP contribution in [-0.4, -0.2) is 42.6 Å². The summed E-state index contributed by atoms with van der Waals surface area (Å²) in [5, 5.41) is 3.34. The molecule has 1 aromatic carbocycles. The SMILES string of the molecule is CCCCOc1ccc(C(=O)N2CCNCC2(C)C)cc1. The number of benzene rings is 1. The van der Waals surface area contributed by atoms with Crippen LogP contribution < -0.4 is 10.1 Å². The third kappa shape index (κ3) is 3.97. The fourth-order valence-electron chi connectivity index (χ4n) is 2.54. The summed E-state index contributed by atoms with van der Waals surface area (Å²) in [5.41, 5.74) is 0.582. The van der Waals surface area contributed by atoms with Crippen molar-refractivity contribution in [2.45, 2.75) is 39.2 Å². The highest BCUT2D eigenvalue weighted by Gasteiger charge is 2.33. The van der Waals surface area contributed by atoms with E-state index < -0.39 is 0 Å². The van der Waals surface area contributed by atoms with Crippen LogP contribution in [0.3, 0.4) is 0 Å². The molecule has 0 unspecified atom stereocenters. The first-order chi connectivity index (χ1) is 10.0. The predicted octanol–water partition coefficient (Wildman–Crippen LogP) is 2.69. The highest BCUT2D eigenvalue weighted by Crippen LogP contribution is 2.21. The van der Waals surface area contributed by atoms with Gasteiger partial charge in [-0.05, 0) is 44.5 Å². The highest BCUT2D eigenvalue weighted by atomic mass is 16.5. The number of carbonyl (C=O) groups excluding carboxylic acids is 1. The number of ether oxygens (including phenoxy) is 1. The minimum absolute atomic E-state index is 0.0987. The molecule has 0 radical (unpaired) electrons. The van der Waals surface area contributed by atoms with Gasteiger partial charge in [0.1, 0.15) is 5.75 Å². The van der Waals surface area contributed by atoms with E-state index in [4.69, 9.17) is 4.74 Å². The average molecular weight is 290 g/mol. The van der Waals surface area contributed by atoms with Crippen LogP contribution in [0.1, 0.15) is 44.0 Å². The number of nitrogens with one attached hydrogen (secondary N) is 1. The molecule has 1 aliphatic heterocycles. The van der Waals surface area contributed by atoms with Crippen molar-refractivity contribution < 1.29 is 9.53 Å². The summed E-state index contributed by atoms with van der Waals surface area (Å²) in [6.07, 6.45) is 2.17. The van der Waals surface area contributed by atoms with Crippen LogP contribution in [0, 0.1) is 0 Å². The maximum atomic E-state index is 12.6. The molecule has 0 aromatic heterocycles. The van der Waals surface area contributed by atoms with Crippen molar-refractivity contribution in [2.24, 2.45) is 0 Å². The van der Waals surface area contributed by atoms with Crippen molar-refractivity contribution in [1.29, 1.82) is 0 Å². The van der Waals surface area contributed by atoms with Gasteiger partial charge in [0, 0.05) is 25.2 Å². The van der Waals surface area contributed by atoms with E-state index >= 15 is 0 Å². The van der Waals surface area contributed by atoms with E-state index in [-0.39, 0.29) is 11.4 Å². The minimum atomic E-state index is -0.147. The van der Waals surface area contributed by atoms with Crippen LogP contribution >= 0.6 is 0 Å². The first-order valence-corrected chi connectivity index (χ1v) is 7.80. The number of hydrogen-bond acceptors (Lipinski definition) is 3. The number of unbranched alkanes of at least 4 members (excludes halogenated alkanes) is 1. The largest absolute Gasteiger partial charge is 0.494 e. The van der Waals surface area contributed by atoms with Crippen LogP contribution in [0.2, 0.25) is 0 Å². The highest BCUT2D eigenvalue weighted by molar-refractivity contribution is 5.95. The lowest BCUT2D eigenvalue weighted by molar-refractivity contribution is 0.0477. The molecule has 116 valence electrons. The first kappa shape index (κ1) is 15.8. The van der Waals surface area contributed by atoms with Gasteiger partial charge in [-0.3, -0.25) is 4.79 Å². The van der Waals surface area contributed by atoms with Crippen LogP contribution in [0.5, 0.6) is 5.75 Å². The van der Waals surface area contributed by atoms with Gasteiger partial charge in [0.15, 0.2) is 0 Å². The van der Waals surface area contributed by atoms with Gasteiger partial charge in [0.25, 0.3) is 5.91 Å². The first-order valence-electron chi connectivity index (χ1n) is 7.80. The third-order valence-electron chi connectivity index (χ3n) is 3.91. The lowest BCUT2D eigenvalue weighted by Crippen LogP contribution is -2.59. The molecule has 2 rings (SSSR count). The second-order valence-electron chi connectivity index (χ2n) is 6.17. The van der Waals surface area contributed by atoms with Crippen molar-refractivity contribution in [3.63, 3.8) is 0 Å². The Hall–Kier alpha value is -1.55. The Kier molecular flexibility index (Phi) is 5.23. The standard InChI is InChI=1S/C17H26N2O2/c1-4-5-12-21-15-8-6-14(7-9-15)16(20)19-11-10-18-13-17(19,2)3/h6-9,18H,4-5,10-13H2,1-3H3. The Morgan fingerprint density at radius 1 is 1.33 bits per heavy atom. The normalized spacial score (nSPS) is 17.6. The molecule has 1 fully saturated rings. The number of hydrogen-bond donors (Lipinski definition) is 1. The fourth-order valence-corrected chi connectivity index (χ4v) is 2.54. The number of nitrogens with zero attached hydrogens (tertiary/aromatic N) is 1. The van der Waals surface area contributed by atoms with E-state index in [9.17, 15) is 4.79 Å². The predicted molar refractivity (Wildman–Crippen MR) is 84.8 cm³/mol. The van der Waals surface area contributed by atoms with Crippen LogP contribution in [-0.2, 0) is 0 Å². The minimum Gasteiger partial charge on any atom is -0.494 e. The number of amides is 1. The molecule has 1 aromatic rings. The number of piperazine rings is 1. The summed E-state index contributed by atoms with van der Waals surface area (Å²) in [5.74, 6) is 0.932. The summed E-state index contributed by atoms with van der Waals surface area (Å²) in [6, 6.07) is 7.50. The molecule has 0 atom stereocenters. The maximum absolute atomic E-state index is 12.6. The van der Waals surface area contributed by atoms with Crippen molar-refractivity contribution in [2.75, 3.05) is 26.2 Å². The van der Waals surface area contributed by atoms with Crippen LogP contribution in [0.4, 0.5) is 0 Å². The summed E-state index contributed by atoms with van der Waals surface area (Å²) in [7, 11) is 0. The lowest BCUT2D eigenvalue weighted by Gasteiger charge is -2.42. The topological polar surface area (TPSA) is 41.6 Å². The molecule has 4 heteroatoms. The summed E-state index contributed by atoms with van der Waals surface area (Å²) < 4.78 is 5.63. The van der Waals surface area contributed by atoms with Gasteiger partial charge >= 0.3 is 0 Å². The van der Waals surface area contributed by atoms with Crippen LogP contribution in [0.15, 0.2) is 24.3 Å². The molecule has 0 spiro atoms. The zero-order chi connectivity index (χ0) is 15.3. The molecule has 1 amide bonds. The van der Waals surface area contributed by atoms with Crippen molar-refractivity contribution in [1.82, 2.24) is 10.2 Å². The van der Waals surface area contributed by atoms with Crippen LogP contribution in [0.25, 0.3) is 0 Å². The Labute approximate surface area is 127 Å². The smallest absolute Gasteiger partial charge is 0.254 e. The molecule has 1 aliphatic rings. The van der Waals surface area contributed by atoms with E-state index in [2.05, 4.69) is 26.1 Å². The summed E-state index contributed by atoms with van der Waals surface area (Å²) in [4.78, 5) is 14.6. The Morgan fingerprint density at radius 2 is 2.05 bits per heavy atom. The van der Waals surface area contributed by atoms with Gasteiger partial charge in [0.05, 0.1) is 12.1 Å². The fraction of sp³-hybridized carbons (Fsp3) is 0.588. The van der Waals surface area contributed by atoms with E-state index in [1.807, 2.05) is 29.2 Å². The molecule has 1 N–H and O–H groups in total. The van der Waals surface area contributed by atoms with Crippen molar-refractivity contribution in [3.8, 4) is 5.75 Å². The van der Waals surface area contributed by atoms with Gasteiger partial charge < -0.3 is 15.0 Å². The zero-order valence-corrected chi connectivity index (χ0v) is 13.3. The molecular weight excluding hydrogens is 264 g/mol. The molecule has 1 saturated heterocycles. The molecule has 0 saturated carbocycles. The molecule has 4 nitrogen and oxygen atoms in total. The lowest BCUT2D eigenvalue weighted by atomic mass is 9.98. The molecule has 21 heavy (non-hydrogen) atoms. The van der Waals surface area contributed by atoms with Gasteiger partial charge in [-0.15, -0.1) is 0 Å². The maximum Gasteiger partial charge on any atom is 0.254 e.